The monoisotopic (exact) mass is 263 g/mol. The Kier molecular flexibility index (Phi) is 4.17. The zero-order valence-corrected chi connectivity index (χ0v) is 12.3. The van der Waals surface area contributed by atoms with E-state index in [4.69, 9.17) is 0 Å². The van der Waals surface area contributed by atoms with Gasteiger partial charge in [-0.25, -0.2) is 9.97 Å². The SMILES string of the molecule is CC(C)C(CNc1ncnc2ccsc12)C(C)C. The van der Waals surface area contributed by atoms with E-state index in [2.05, 4.69) is 48.4 Å². The molecule has 0 aliphatic heterocycles. The van der Waals surface area contributed by atoms with E-state index < -0.39 is 0 Å². The first-order valence-corrected chi connectivity index (χ1v) is 7.39. The van der Waals surface area contributed by atoms with Crippen molar-refractivity contribution in [2.75, 3.05) is 11.9 Å². The number of nitrogens with one attached hydrogen (secondary N) is 1. The van der Waals surface area contributed by atoms with E-state index in [1.807, 2.05) is 6.07 Å². The molecule has 0 spiro atoms. The minimum Gasteiger partial charge on any atom is -0.368 e. The van der Waals surface area contributed by atoms with Gasteiger partial charge in [0.05, 0.1) is 10.2 Å². The molecule has 0 aliphatic carbocycles. The average Bonchev–Trinajstić information content (AvgIpc) is 2.77. The van der Waals surface area contributed by atoms with Crippen LogP contribution in [0.15, 0.2) is 17.8 Å². The molecule has 0 fully saturated rings. The first-order valence-electron chi connectivity index (χ1n) is 6.51. The fourth-order valence-electron chi connectivity index (χ4n) is 2.37. The number of rotatable bonds is 5. The molecule has 2 aromatic rings. The lowest BCUT2D eigenvalue weighted by Gasteiger charge is -2.25. The molecule has 98 valence electrons. The number of hydrogen-bond donors (Lipinski definition) is 1. The molecular formula is C14H21N3S. The normalized spacial score (nSPS) is 11.9. The Morgan fingerprint density at radius 2 is 1.89 bits per heavy atom. The van der Waals surface area contributed by atoms with Gasteiger partial charge in [-0.05, 0) is 29.2 Å². The summed E-state index contributed by atoms with van der Waals surface area (Å²) in [6, 6.07) is 2.04. The summed E-state index contributed by atoms with van der Waals surface area (Å²) in [7, 11) is 0. The van der Waals surface area contributed by atoms with Crippen molar-refractivity contribution in [3.63, 3.8) is 0 Å². The van der Waals surface area contributed by atoms with E-state index in [9.17, 15) is 0 Å². The summed E-state index contributed by atoms with van der Waals surface area (Å²) in [6.07, 6.45) is 1.64. The molecule has 1 N–H and O–H groups in total. The van der Waals surface area contributed by atoms with Gasteiger partial charge < -0.3 is 5.32 Å². The molecule has 0 aromatic carbocycles. The summed E-state index contributed by atoms with van der Waals surface area (Å²) in [4.78, 5) is 8.62. The van der Waals surface area contributed by atoms with Crippen molar-refractivity contribution in [2.45, 2.75) is 27.7 Å². The Bertz CT molecular complexity index is 496. The van der Waals surface area contributed by atoms with Crippen LogP contribution < -0.4 is 5.32 Å². The first-order chi connectivity index (χ1) is 8.59. The summed E-state index contributed by atoms with van der Waals surface area (Å²) >= 11 is 1.69. The second kappa shape index (κ2) is 5.65. The highest BCUT2D eigenvalue weighted by atomic mass is 32.1. The summed E-state index contributed by atoms with van der Waals surface area (Å²) in [5, 5.41) is 5.56. The maximum absolute atomic E-state index is 4.36. The van der Waals surface area contributed by atoms with Crippen LogP contribution >= 0.6 is 11.3 Å². The highest BCUT2D eigenvalue weighted by Crippen LogP contribution is 2.26. The Morgan fingerprint density at radius 1 is 1.17 bits per heavy atom. The highest BCUT2D eigenvalue weighted by Gasteiger charge is 2.17. The van der Waals surface area contributed by atoms with Crippen molar-refractivity contribution < 1.29 is 0 Å². The van der Waals surface area contributed by atoms with Crippen LogP contribution in [0.5, 0.6) is 0 Å². The number of hydrogen-bond acceptors (Lipinski definition) is 4. The number of aromatic nitrogens is 2. The third-order valence-electron chi connectivity index (χ3n) is 3.46. The molecule has 0 saturated carbocycles. The summed E-state index contributed by atoms with van der Waals surface area (Å²) < 4.78 is 1.16. The molecule has 0 saturated heterocycles. The Labute approximate surface area is 113 Å². The minimum absolute atomic E-state index is 0.662. The topological polar surface area (TPSA) is 37.8 Å². The minimum atomic E-state index is 0.662. The Hall–Kier alpha value is -1.16. The van der Waals surface area contributed by atoms with Crippen LogP contribution in [-0.2, 0) is 0 Å². The molecule has 0 amide bonds. The van der Waals surface area contributed by atoms with Gasteiger partial charge in [0.15, 0.2) is 0 Å². The number of fused-ring (bicyclic) bond motifs is 1. The smallest absolute Gasteiger partial charge is 0.147 e. The van der Waals surface area contributed by atoms with Gasteiger partial charge >= 0.3 is 0 Å². The lowest BCUT2D eigenvalue weighted by molar-refractivity contribution is 0.304. The van der Waals surface area contributed by atoms with Gasteiger partial charge in [-0.2, -0.15) is 0 Å². The summed E-state index contributed by atoms with van der Waals surface area (Å²) in [5.74, 6) is 2.99. The van der Waals surface area contributed by atoms with Gasteiger partial charge in [-0.1, -0.05) is 27.7 Å². The lowest BCUT2D eigenvalue weighted by atomic mass is 9.85. The van der Waals surface area contributed by atoms with Gasteiger partial charge in [0.2, 0.25) is 0 Å². The van der Waals surface area contributed by atoms with Gasteiger partial charge in [0.25, 0.3) is 0 Å². The maximum Gasteiger partial charge on any atom is 0.147 e. The van der Waals surface area contributed by atoms with E-state index in [0.717, 1.165) is 22.6 Å². The number of nitrogens with zero attached hydrogens (tertiary/aromatic N) is 2. The van der Waals surface area contributed by atoms with Gasteiger partial charge in [-0.3, -0.25) is 0 Å². The summed E-state index contributed by atoms with van der Waals surface area (Å²) in [5.41, 5.74) is 1.03. The van der Waals surface area contributed by atoms with E-state index in [1.165, 1.54) is 0 Å². The maximum atomic E-state index is 4.36. The molecule has 2 rings (SSSR count). The van der Waals surface area contributed by atoms with Crippen molar-refractivity contribution in [1.29, 1.82) is 0 Å². The predicted molar refractivity (Wildman–Crippen MR) is 79.1 cm³/mol. The second-order valence-electron chi connectivity index (χ2n) is 5.39. The van der Waals surface area contributed by atoms with Crippen molar-refractivity contribution >= 4 is 27.4 Å². The zero-order chi connectivity index (χ0) is 13.1. The van der Waals surface area contributed by atoms with Crippen LogP contribution in [0.25, 0.3) is 10.2 Å². The quantitative estimate of drug-likeness (QED) is 0.885. The molecule has 3 nitrogen and oxygen atoms in total. The molecule has 0 aliphatic rings. The Balaban J connectivity index is 2.12. The fourth-order valence-corrected chi connectivity index (χ4v) is 3.18. The van der Waals surface area contributed by atoms with Crippen LogP contribution in [0.3, 0.4) is 0 Å². The Morgan fingerprint density at radius 3 is 2.56 bits per heavy atom. The van der Waals surface area contributed by atoms with Gasteiger partial charge in [-0.15, -0.1) is 11.3 Å². The molecule has 0 unspecified atom stereocenters. The van der Waals surface area contributed by atoms with Crippen molar-refractivity contribution in [1.82, 2.24) is 9.97 Å². The number of anilines is 1. The summed E-state index contributed by atoms with van der Waals surface area (Å²) in [6.45, 7) is 10.1. The molecule has 4 heteroatoms. The van der Waals surface area contributed by atoms with Gasteiger partial charge in [0, 0.05) is 6.54 Å². The standard InChI is InChI=1S/C14H21N3S/c1-9(2)11(10(3)4)7-15-14-13-12(5-6-18-13)16-8-17-14/h5-6,8-11H,7H2,1-4H3,(H,15,16,17). The van der Waals surface area contributed by atoms with Crippen LogP contribution in [0.2, 0.25) is 0 Å². The third kappa shape index (κ3) is 2.80. The lowest BCUT2D eigenvalue weighted by Crippen LogP contribution is -2.24. The second-order valence-corrected chi connectivity index (χ2v) is 6.31. The average molecular weight is 263 g/mol. The van der Waals surface area contributed by atoms with E-state index in [-0.39, 0.29) is 0 Å². The first kappa shape index (κ1) is 13.3. The fraction of sp³-hybridized carbons (Fsp3) is 0.571. The molecule has 18 heavy (non-hydrogen) atoms. The van der Waals surface area contributed by atoms with Crippen LogP contribution in [0, 0.1) is 17.8 Å². The molecule has 2 aromatic heterocycles. The van der Waals surface area contributed by atoms with E-state index in [1.54, 1.807) is 17.7 Å². The van der Waals surface area contributed by atoms with Crippen molar-refractivity contribution in [2.24, 2.45) is 17.8 Å². The molecule has 0 bridgehead atoms. The molecule has 0 radical (unpaired) electrons. The largest absolute Gasteiger partial charge is 0.368 e. The van der Waals surface area contributed by atoms with Crippen LogP contribution in [0.4, 0.5) is 5.82 Å². The van der Waals surface area contributed by atoms with Crippen molar-refractivity contribution in [3.05, 3.63) is 17.8 Å². The van der Waals surface area contributed by atoms with E-state index >= 15 is 0 Å². The van der Waals surface area contributed by atoms with Crippen LogP contribution in [0.1, 0.15) is 27.7 Å². The van der Waals surface area contributed by atoms with E-state index in [0.29, 0.717) is 17.8 Å². The predicted octanol–water partition coefficient (Wildman–Crippen LogP) is 4.03. The molecule has 0 atom stereocenters. The molecular weight excluding hydrogens is 242 g/mol. The van der Waals surface area contributed by atoms with Crippen molar-refractivity contribution in [3.8, 4) is 0 Å². The highest BCUT2D eigenvalue weighted by molar-refractivity contribution is 7.17. The van der Waals surface area contributed by atoms with Crippen LogP contribution in [-0.4, -0.2) is 16.5 Å². The number of thiophene rings is 1. The zero-order valence-electron chi connectivity index (χ0n) is 11.5. The molecule has 2 heterocycles. The van der Waals surface area contributed by atoms with Gasteiger partial charge in [0.1, 0.15) is 12.1 Å². The third-order valence-corrected chi connectivity index (χ3v) is 4.37.